The van der Waals surface area contributed by atoms with Gasteiger partial charge in [-0.1, -0.05) is 25.0 Å². The lowest BCUT2D eigenvalue weighted by atomic mass is 10.0. The highest BCUT2D eigenvalue weighted by Gasteiger charge is 2.25. The Morgan fingerprint density at radius 1 is 0.938 bits per heavy atom. The summed E-state index contributed by atoms with van der Waals surface area (Å²) in [5, 5.41) is 0. The molecule has 2 saturated heterocycles. The lowest BCUT2D eigenvalue weighted by Gasteiger charge is -2.37. The number of hydrogen-bond acceptors (Lipinski definition) is 4. The SMILES string of the molecule is COc1ccc(C2CCCCCN2CCC(=O)N2CCN(c3ccc(F)cc3)CC2)cc1. The van der Waals surface area contributed by atoms with Gasteiger partial charge in [-0.2, -0.15) is 0 Å². The van der Waals surface area contributed by atoms with Crippen molar-refractivity contribution >= 4 is 11.6 Å². The first-order chi connectivity index (χ1) is 15.6. The molecular formula is C26H34FN3O2. The first-order valence-corrected chi connectivity index (χ1v) is 11.8. The highest BCUT2D eigenvalue weighted by atomic mass is 19.1. The summed E-state index contributed by atoms with van der Waals surface area (Å²) in [7, 11) is 1.69. The number of nitrogens with zero attached hydrogens (tertiary/aromatic N) is 3. The molecule has 5 nitrogen and oxygen atoms in total. The zero-order valence-electron chi connectivity index (χ0n) is 19.0. The second-order valence-corrected chi connectivity index (χ2v) is 8.77. The van der Waals surface area contributed by atoms with Crippen molar-refractivity contribution in [2.45, 2.75) is 38.1 Å². The zero-order chi connectivity index (χ0) is 22.3. The number of ether oxygens (including phenoxy) is 1. The molecule has 32 heavy (non-hydrogen) atoms. The van der Waals surface area contributed by atoms with E-state index < -0.39 is 0 Å². The Balaban J connectivity index is 1.31. The summed E-state index contributed by atoms with van der Waals surface area (Å²) in [4.78, 5) is 19.7. The van der Waals surface area contributed by atoms with E-state index in [1.54, 1.807) is 7.11 Å². The summed E-state index contributed by atoms with van der Waals surface area (Å²) >= 11 is 0. The van der Waals surface area contributed by atoms with Crippen LogP contribution in [0.3, 0.4) is 0 Å². The lowest BCUT2D eigenvalue weighted by molar-refractivity contribution is -0.132. The maximum Gasteiger partial charge on any atom is 0.223 e. The van der Waals surface area contributed by atoms with Crippen LogP contribution in [0, 0.1) is 5.82 Å². The molecule has 4 rings (SSSR count). The molecule has 0 radical (unpaired) electrons. The van der Waals surface area contributed by atoms with Crippen molar-refractivity contribution in [1.82, 2.24) is 9.80 Å². The Morgan fingerprint density at radius 2 is 1.66 bits per heavy atom. The molecule has 6 heteroatoms. The summed E-state index contributed by atoms with van der Waals surface area (Å²) in [6, 6.07) is 15.4. The maximum absolute atomic E-state index is 13.2. The van der Waals surface area contributed by atoms with Crippen molar-refractivity contribution in [3.8, 4) is 5.75 Å². The van der Waals surface area contributed by atoms with Crippen LogP contribution in [0.2, 0.25) is 0 Å². The van der Waals surface area contributed by atoms with E-state index in [1.165, 1.54) is 37.0 Å². The number of anilines is 1. The fourth-order valence-corrected chi connectivity index (χ4v) is 4.90. The third-order valence-corrected chi connectivity index (χ3v) is 6.80. The fourth-order valence-electron chi connectivity index (χ4n) is 4.90. The van der Waals surface area contributed by atoms with Crippen LogP contribution in [-0.2, 0) is 4.79 Å². The van der Waals surface area contributed by atoms with Gasteiger partial charge in [0.2, 0.25) is 5.91 Å². The molecule has 2 heterocycles. The lowest BCUT2D eigenvalue weighted by Crippen LogP contribution is -2.49. The predicted molar refractivity (Wildman–Crippen MR) is 126 cm³/mol. The van der Waals surface area contributed by atoms with E-state index in [4.69, 9.17) is 4.74 Å². The number of hydrogen-bond donors (Lipinski definition) is 0. The van der Waals surface area contributed by atoms with E-state index in [1.807, 2.05) is 29.2 Å². The molecule has 1 unspecified atom stereocenters. The van der Waals surface area contributed by atoms with E-state index in [-0.39, 0.29) is 11.7 Å². The minimum Gasteiger partial charge on any atom is -0.497 e. The average Bonchev–Trinajstić information content (AvgIpc) is 3.09. The van der Waals surface area contributed by atoms with Crippen LogP contribution in [-0.4, -0.2) is 62.1 Å². The normalized spacial score (nSPS) is 20.1. The molecule has 2 fully saturated rings. The van der Waals surface area contributed by atoms with E-state index in [0.29, 0.717) is 12.5 Å². The summed E-state index contributed by atoms with van der Waals surface area (Å²) in [6.07, 6.45) is 5.37. The summed E-state index contributed by atoms with van der Waals surface area (Å²) < 4.78 is 18.5. The minimum atomic E-state index is -0.218. The summed E-state index contributed by atoms with van der Waals surface area (Å²) in [5.74, 6) is 0.898. The number of benzene rings is 2. The summed E-state index contributed by atoms with van der Waals surface area (Å²) in [5.41, 5.74) is 2.33. The minimum absolute atomic E-state index is 0.218. The molecule has 2 aromatic carbocycles. The Hall–Kier alpha value is -2.60. The van der Waals surface area contributed by atoms with Crippen molar-refractivity contribution in [1.29, 1.82) is 0 Å². The Morgan fingerprint density at radius 3 is 2.34 bits per heavy atom. The van der Waals surface area contributed by atoms with Gasteiger partial charge >= 0.3 is 0 Å². The molecule has 2 aromatic rings. The Labute approximate surface area is 190 Å². The maximum atomic E-state index is 13.2. The average molecular weight is 440 g/mol. The van der Waals surface area contributed by atoms with E-state index in [2.05, 4.69) is 21.9 Å². The van der Waals surface area contributed by atoms with Gasteiger partial charge in [-0.25, -0.2) is 4.39 Å². The number of likely N-dealkylation sites (tertiary alicyclic amines) is 1. The topological polar surface area (TPSA) is 36.0 Å². The van der Waals surface area contributed by atoms with Crippen LogP contribution in [0.4, 0.5) is 10.1 Å². The molecule has 2 aliphatic rings. The van der Waals surface area contributed by atoms with Crippen LogP contribution >= 0.6 is 0 Å². The molecule has 2 aliphatic heterocycles. The number of rotatable bonds is 6. The molecule has 0 aromatic heterocycles. The van der Waals surface area contributed by atoms with E-state index in [0.717, 1.165) is 57.1 Å². The van der Waals surface area contributed by atoms with Crippen LogP contribution < -0.4 is 9.64 Å². The van der Waals surface area contributed by atoms with Gasteiger partial charge in [0.25, 0.3) is 0 Å². The Kier molecular flexibility index (Phi) is 7.63. The number of carbonyl (C=O) groups excluding carboxylic acids is 1. The largest absolute Gasteiger partial charge is 0.497 e. The van der Waals surface area contributed by atoms with Crippen LogP contribution in [0.25, 0.3) is 0 Å². The van der Waals surface area contributed by atoms with Crippen LogP contribution in [0.15, 0.2) is 48.5 Å². The van der Waals surface area contributed by atoms with E-state index >= 15 is 0 Å². The van der Waals surface area contributed by atoms with Crippen molar-refractivity contribution in [2.24, 2.45) is 0 Å². The van der Waals surface area contributed by atoms with Gasteiger partial charge in [-0.15, -0.1) is 0 Å². The highest BCUT2D eigenvalue weighted by molar-refractivity contribution is 5.76. The van der Waals surface area contributed by atoms with Crippen LogP contribution in [0.1, 0.15) is 43.7 Å². The monoisotopic (exact) mass is 439 g/mol. The van der Waals surface area contributed by atoms with E-state index in [9.17, 15) is 9.18 Å². The first kappa shape index (κ1) is 22.6. The number of halogens is 1. The van der Waals surface area contributed by atoms with Gasteiger partial charge in [0.05, 0.1) is 7.11 Å². The Bertz CT molecular complexity index is 864. The number of methoxy groups -OCH3 is 1. The number of piperazine rings is 1. The number of amides is 1. The third-order valence-electron chi connectivity index (χ3n) is 6.80. The van der Waals surface area contributed by atoms with Crippen molar-refractivity contribution in [3.05, 3.63) is 59.9 Å². The third kappa shape index (κ3) is 5.60. The fraction of sp³-hybridized carbons (Fsp3) is 0.500. The molecule has 0 aliphatic carbocycles. The molecule has 172 valence electrons. The molecular weight excluding hydrogens is 405 g/mol. The van der Waals surface area contributed by atoms with Crippen molar-refractivity contribution in [3.63, 3.8) is 0 Å². The van der Waals surface area contributed by atoms with Gasteiger partial charge < -0.3 is 14.5 Å². The quantitative estimate of drug-likeness (QED) is 0.665. The molecule has 0 spiro atoms. The molecule has 0 N–H and O–H groups in total. The molecule has 0 bridgehead atoms. The van der Waals surface area contributed by atoms with Gasteiger partial charge in [0.15, 0.2) is 0 Å². The highest BCUT2D eigenvalue weighted by Crippen LogP contribution is 2.31. The first-order valence-electron chi connectivity index (χ1n) is 11.8. The second-order valence-electron chi connectivity index (χ2n) is 8.77. The van der Waals surface area contributed by atoms with Crippen molar-refractivity contribution in [2.75, 3.05) is 51.3 Å². The van der Waals surface area contributed by atoms with Gasteiger partial charge in [-0.05, 0) is 61.3 Å². The summed E-state index contributed by atoms with van der Waals surface area (Å²) in [6.45, 7) is 4.86. The van der Waals surface area contributed by atoms with Gasteiger partial charge in [0.1, 0.15) is 11.6 Å². The number of carbonyl (C=O) groups is 1. The second kappa shape index (κ2) is 10.8. The van der Waals surface area contributed by atoms with Gasteiger partial charge in [-0.3, -0.25) is 9.69 Å². The standard InChI is InChI=1S/C26H34FN3O2/c1-32-24-12-6-21(7-13-24)25-5-3-2-4-15-29(25)16-14-26(31)30-19-17-28(18-20-30)23-10-8-22(27)9-11-23/h6-13,25H,2-5,14-20H2,1H3. The predicted octanol–water partition coefficient (Wildman–Crippen LogP) is 4.49. The molecule has 1 atom stereocenters. The van der Waals surface area contributed by atoms with Gasteiger partial charge in [0, 0.05) is 50.9 Å². The smallest absolute Gasteiger partial charge is 0.223 e. The molecule has 0 saturated carbocycles. The van der Waals surface area contributed by atoms with Crippen molar-refractivity contribution < 1.29 is 13.9 Å². The molecule has 1 amide bonds. The zero-order valence-corrected chi connectivity index (χ0v) is 19.0. The van der Waals surface area contributed by atoms with Crippen LogP contribution in [0.5, 0.6) is 5.75 Å².